The van der Waals surface area contributed by atoms with Crippen LogP contribution in [-0.4, -0.2) is 20.4 Å². The molecule has 0 N–H and O–H groups in total. The summed E-state index contributed by atoms with van der Waals surface area (Å²) in [6.45, 7) is 0. The third kappa shape index (κ3) is 4.23. The van der Waals surface area contributed by atoms with Gasteiger partial charge in [0.15, 0.2) is 14.7 Å². The van der Waals surface area contributed by atoms with Gasteiger partial charge in [0.25, 0.3) is 0 Å². The van der Waals surface area contributed by atoms with Gasteiger partial charge in [-0.15, -0.1) is 24.4 Å². The first-order valence-electron chi connectivity index (χ1n) is 2.96. The van der Waals surface area contributed by atoms with Crippen LogP contribution >= 0.6 is 24.4 Å². The zero-order chi connectivity index (χ0) is 10.5. The highest BCUT2D eigenvalue weighted by atomic mass is 32.2. The molecular formula is C6H6N2O2S3. The van der Waals surface area contributed by atoms with Crippen LogP contribution in [0, 0.1) is 22.7 Å². The van der Waals surface area contributed by atoms with Crippen LogP contribution in [0.25, 0.3) is 0 Å². The maximum absolute atomic E-state index is 10.9. The normalized spacial score (nSPS) is 12.6. The molecule has 0 unspecified atom stereocenters. The standard InChI is InChI=1S/C6H6N2O2S3/c1-13(9,10)5(4-8)6(11)12-3-2-7/h11H,3H2,1H3. The minimum absolute atomic E-state index is 0.0616. The van der Waals surface area contributed by atoms with Crippen LogP contribution in [0.15, 0.2) is 9.14 Å². The van der Waals surface area contributed by atoms with Gasteiger partial charge in [-0.25, -0.2) is 8.42 Å². The summed E-state index contributed by atoms with van der Waals surface area (Å²) < 4.78 is 21.9. The third-order valence-corrected chi connectivity index (χ3v) is 3.62. The summed E-state index contributed by atoms with van der Waals surface area (Å²) in [6, 6.07) is 3.34. The Morgan fingerprint density at radius 3 is 2.38 bits per heavy atom. The highest BCUT2D eigenvalue weighted by Crippen LogP contribution is 2.25. The van der Waals surface area contributed by atoms with Gasteiger partial charge < -0.3 is 0 Å². The molecule has 0 spiro atoms. The number of thioether (sulfide) groups is 1. The van der Waals surface area contributed by atoms with E-state index in [1.165, 1.54) is 6.07 Å². The van der Waals surface area contributed by atoms with E-state index in [0.29, 0.717) is 0 Å². The van der Waals surface area contributed by atoms with E-state index in [-0.39, 0.29) is 9.99 Å². The summed E-state index contributed by atoms with van der Waals surface area (Å²) >= 11 is 4.74. The van der Waals surface area contributed by atoms with E-state index < -0.39 is 14.7 Å². The molecule has 0 radical (unpaired) electrons. The van der Waals surface area contributed by atoms with Gasteiger partial charge in [0.05, 0.1) is 16.1 Å². The van der Waals surface area contributed by atoms with E-state index in [0.717, 1.165) is 18.0 Å². The van der Waals surface area contributed by atoms with Gasteiger partial charge in [0, 0.05) is 6.26 Å². The van der Waals surface area contributed by atoms with E-state index in [4.69, 9.17) is 10.5 Å². The van der Waals surface area contributed by atoms with Crippen molar-refractivity contribution in [3.63, 3.8) is 0 Å². The molecule has 13 heavy (non-hydrogen) atoms. The van der Waals surface area contributed by atoms with E-state index in [1.807, 2.05) is 0 Å². The molecule has 0 aromatic rings. The smallest absolute Gasteiger partial charge is 0.187 e. The molecule has 0 aromatic carbocycles. The Morgan fingerprint density at radius 2 is 2.08 bits per heavy atom. The Morgan fingerprint density at radius 1 is 1.54 bits per heavy atom. The van der Waals surface area contributed by atoms with Gasteiger partial charge >= 0.3 is 0 Å². The van der Waals surface area contributed by atoms with Crippen molar-refractivity contribution in [1.29, 1.82) is 10.5 Å². The first-order chi connectivity index (χ1) is 5.93. The van der Waals surface area contributed by atoms with Crippen molar-refractivity contribution in [3.05, 3.63) is 9.14 Å². The van der Waals surface area contributed by atoms with Crippen molar-refractivity contribution in [2.24, 2.45) is 0 Å². The van der Waals surface area contributed by atoms with Crippen LogP contribution in [0.2, 0.25) is 0 Å². The molecule has 4 nitrogen and oxygen atoms in total. The molecule has 70 valence electrons. The average molecular weight is 234 g/mol. The summed E-state index contributed by atoms with van der Waals surface area (Å²) in [5.41, 5.74) is 0. The largest absolute Gasteiger partial charge is 0.223 e. The number of hydrogen-bond acceptors (Lipinski definition) is 6. The van der Waals surface area contributed by atoms with Gasteiger partial charge in [0.1, 0.15) is 6.07 Å². The maximum atomic E-state index is 10.9. The predicted molar refractivity (Wildman–Crippen MR) is 54.5 cm³/mol. The molecule has 0 aromatic heterocycles. The van der Waals surface area contributed by atoms with Crippen LogP contribution in [0.3, 0.4) is 0 Å². The van der Waals surface area contributed by atoms with E-state index in [1.54, 1.807) is 6.07 Å². The predicted octanol–water partition coefficient (Wildman–Crippen LogP) is 0.910. The van der Waals surface area contributed by atoms with E-state index >= 15 is 0 Å². The summed E-state index contributed by atoms with van der Waals surface area (Å²) in [7, 11) is -3.53. The minimum Gasteiger partial charge on any atom is -0.223 e. The molecule has 0 aliphatic heterocycles. The van der Waals surface area contributed by atoms with Crippen molar-refractivity contribution < 1.29 is 8.42 Å². The van der Waals surface area contributed by atoms with Crippen molar-refractivity contribution in [2.45, 2.75) is 0 Å². The number of rotatable bonds is 3. The molecule has 0 aliphatic carbocycles. The van der Waals surface area contributed by atoms with Crippen molar-refractivity contribution >= 4 is 34.2 Å². The van der Waals surface area contributed by atoms with Crippen LogP contribution in [0.4, 0.5) is 0 Å². The third-order valence-electron chi connectivity index (χ3n) is 0.940. The average Bonchev–Trinajstić information content (AvgIpc) is 1.99. The monoisotopic (exact) mass is 234 g/mol. The van der Waals surface area contributed by atoms with Crippen LogP contribution < -0.4 is 0 Å². The van der Waals surface area contributed by atoms with Crippen molar-refractivity contribution in [3.8, 4) is 12.1 Å². The van der Waals surface area contributed by atoms with Gasteiger partial charge in [-0.3, -0.25) is 0 Å². The first-order valence-corrected chi connectivity index (χ1v) is 6.29. The Hall–Kier alpha value is -0.630. The molecule has 0 amide bonds. The molecule has 0 rings (SSSR count). The lowest BCUT2D eigenvalue weighted by Crippen LogP contribution is -1.99. The number of hydrogen-bond donors (Lipinski definition) is 1. The molecule has 0 aliphatic rings. The topological polar surface area (TPSA) is 81.7 Å². The molecule has 0 bridgehead atoms. The second kappa shape index (κ2) is 5.18. The van der Waals surface area contributed by atoms with Gasteiger partial charge in [0.2, 0.25) is 0 Å². The minimum atomic E-state index is -3.53. The molecule has 0 atom stereocenters. The van der Waals surface area contributed by atoms with Crippen LogP contribution in [0.1, 0.15) is 0 Å². The van der Waals surface area contributed by atoms with Gasteiger partial charge in [-0.1, -0.05) is 0 Å². The lowest BCUT2D eigenvalue weighted by molar-refractivity contribution is 0.608. The van der Waals surface area contributed by atoms with E-state index in [2.05, 4.69) is 12.6 Å². The highest BCUT2D eigenvalue weighted by Gasteiger charge is 2.15. The fourth-order valence-corrected chi connectivity index (χ4v) is 2.69. The van der Waals surface area contributed by atoms with Crippen molar-refractivity contribution in [2.75, 3.05) is 12.0 Å². The number of nitriles is 2. The van der Waals surface area contributed by atoms with Crippen LogP contribution in [-0.2, 0) is 9.84 Å². The Balaban J connectivity index is 4.99. The maximum Gasteiger partial charge on any atom is 0.187 e. The zero-order valence-electron chi connectivity index (χ0n) is 6.68. The molecule has 0 saturated heterocycles. The second-order valence-corrected chi connectivity index (χ2v) is 5.65. The fraction of sp³-hybridized carbons (Fsp3) is 0.333. The summed E-state index contributed by atoms with van der Waals surface area (Å²) in [5.74, 6) is 0.0690. The zero-order valence-corrected chi connectivity index (χ0v) is 9.21. The lowest BCUT2D eigenvalue weighted by Gasteiger charge is -1.98. The Labute approximate surface area is 86.6 Å². The molecule has 0 heterocycles. The molecule has 7 heteroatoms. The fourth-order valence-electron chi connectivity index (χ4n) is 0.456. The van der Waals surface area contributed by atoms with Crippen LogP contribution in [0.5, 0.6) is 0 Å². The van der Waals surface area contributed by atoms with Crippen molar-refractivity contribution in [1.82, 2.24) is 0 Å². The number of thiol groups is 1. The Bertz CT molecular complexity index is 397. The number of sulfone groups is 1. The number of nitrogens with zero attached hydrogens (tertiary/aromatic N) is 2. The quantitative estimate of drug-likeness (QED) is 0.580. The lowest BCUT2D eigenvalue weighted by atomic mass is 10.7. The summed E-state index contributed by atoms with van der Waals surface area (Å²) in [5, 5.41) is 16.7. The van der Waals surface area contributed by atoms with E-state index in [9.17, 15) is 8.42 Å². The SMILES string of the molecule is CS(=O)(=O)C(C#N)=C(S)SCC#N. The van der Waals surface area contributed by atoms with Gasteiger partial charge in [-0.05, 0) is 0 Å². The number of allylic oxidation sites excluding steroid dienone is 1. The molecule has 0 saturated carbocycles. The highest BCUT2D eigenvalue weighted by molar-refractivity contribution is 8.16. The second-order valence-electron chi connectivity index (χ2n) is 1.97. The first kappa shape index (κ1) is 12.4. The molecule has 0 fully saturated rings. The summed E-state index contributed by atoms with van der Waals surface area (Å²) in [4.78, 5) is -0.393. The molecular weight excluding hydrogens is 228 g/mol. The summed E-state index contributed by atoms with van der Waals surface area (Å²) in [6.07, 6.45) is 0.925. The van der Waals surface area contributed by atoms with Gasteiger partial charge in [-0.2, -0.15) is 10.5 Å². The Kier molecular flexibility index (Phi) is 4.92.